The van der Waals surface area contributed by atoms with E-state index < -0.39 is 12.1 Å². The van der Waals surface area contributed by atoms with E-state index in [4.69, 9.17) is 4.74 Å². The van der Waals surface area contributed by atoms with Crippen LogP contribution < -0.4 is 26.0 Å². The van der Waals surface area contributed by atoms with Gasteiger partial charge in [-0.25, -0.2) is 9.59 Å². The van der Waals surface area contributed by atoms with Crippen LogP contribution in [0.2, 0.25) is 0 Å². The minimum atomic E-state index is -0.510. The maximum absolute atomic E-state index is 13.1. The highest BCUT2D eigenvalue weighted by Crippen LogP contribution is 2.29. The molecule has 0 heterocycles. The fourth-order valence-corrected chi connectivity index (χ4v) is 4.64. The second kappa shape index (κ2) is 12.6. The summed E-state index contributed by atoms with van der Waals surface area (Å²) < 4.78 is 5.19. The summed E-state index contributed by atoms with van der Waals surface area (Å²) in [6.07, 6.45) is 5.47. The molecule has 7 nitrogen and oxygen atoms in total. The molecule has 0 saturated heterocycles. The molecule has 1 fully saturated rings. The van der Waals surface area contributed by atoms with Crippen molar-refractivity contribution in [2.75, 3.05) is 12.4 Å². The van der Waals surface area contributed by atoms with Gasteiger partial charge in [-0.3, -0.25) is 0 Å². The fraction of sp³-hybridized carbons (Fsp3) is 0.310. The molecule has 2 unspecified atom stereocenters. The van der Waals surface area contributed by atoms with Crippen molar-refractivity contribution in [2.45, 2.75) is 50.2 Å². The number of anilines is 1. The summed E-state index contributed by atoms with van der Waals surface area (Å²) in [5.74, 6) is 0.709. The quantitative estimate of drug-likeness (QED) is 0.318. The van der Waals surface area contributed by atoms with Gasteiger partial charge in [0.1, 0.15) is 5.75 Å². The molecular weight excluding hydrogens is 452 g/mol. The minimum Gasteiger partial charge on any atom is -0.497 e. The van der Waals surface area contributed by atoms with Crippen LogP contribution >= 0.6 is 0 Å². The van der Waals surface area contributed by atoms with E-state index in [9.17, 15) is 9.59 Å². The van der Waals surface area contributed by atoms with E-state index in [1.54, 1.807) is 31.4 Å². The zero-order chi connectivity index (χ0) is 25.2. The van der Waals surface area contributed by atoms with Gasteiger partial charge in [0.2, 0.25) is 0 Å². The van der Waals surface area contributed by atoms with Crippen molar-refractivity contribution in [3.63, 3.8) is 0 Å². The smallest absolute Gasteiger partial charge is 0.319 e. The van der Waals surface area contributed by atoms with Crippen LogP contribution in [0.25, 0.3) is 0 Å². The molecule has 1 saturated carbocycles. The van der Waals surface area contributed by atoms with Crippen molar-refractivity contribution in [1.82, 2.24) is 16.0 Å². The lowest BCUT2D eigenvalue weighted by Crippen LogP contribution is -2.48. The molecule has 3 aromatic carbocycles. The molecule has 0 aromatic heterocycles. The first-order valence-corrected chi connectivity index (χ1v) is 12.5. The summed E-state index contributed by atoms with van der Waals surface area (Å²) in [5.41, 5.74) is 2.42. The molecular formula is C29H34N4O3. The molecule has 0 aliphatic heterocycles. The summed E-state index contributed by atoms with van der Waals surface area (Å²) in [5, 5.41) is 12.3. The van der Waals surface area contributed by atoms with E-state index in [1.807, 2.05) is 60.7 Å². The molecule has 188 valence electrons. The lowest BCUT2D eigenvalue weighted by molar-refractivity contribution is 0.222. The summed E-state index contributed by atoms with van der Waals surface area (Å²) in [6, 6.07) is 25.1. The van der Waals surface area contributed by atoms with Crippen molar-refractivity contribution in [1.29, 1.82) is 0 Å². The third kappa shape index (κ3) is 7.01. The van der Waals surface area contributed by atoms with E-state index in [-0.39, 0.29) is 18.1 Å². The number of rotatable bonds is 8. The highest BCUT2D eigenvalue weighted by Gasteiger charge is 2.29. The van der Waals surface area contributed by atoms with Gasteiger partial charge in [-0.05, 0) is 48.2 Å². The molecule has 0 radical (unpaired) electrons. The number of urea groups is 2. The number of benzene rings is 3. The number of carbonyl (C=O) groups excluding carboxylic acids is 2. The van der Waals surface area contributed by atoms with Crippen molar-refractivity contribution in [3.8, 4) is 5.75 Å². The number of nitrogens with one attached hydrogen (secondary N) is 4. The van der Waals surface area contributed by atoms with Gasteiger partial charge < -0.3 is 26.0 Å². The predicted octanol–water partition coefficient (Wildman–Crippen LogP) is 5.93. The van der Waals surface area contributed by atoms with Gasteiger partial charge in [0.05, 0.1) is 19.2 Å². The van der Waals surface area contributed by atoms with Crippen molar-refractivity contribution >= 4 is 17.7 Å². The fourth-order valence-electron chi connectivity index (χ4n) is 4.64. The third-order valence-corrected chi connectivity index (χ3v) is 6.51. The number of ether oxygens (including phenoxy) is 1. The van der Waals surface area contributed by atoms with Crippen LogP contribution in [0.5, 0.6) is 5.75 Å². The van der Waals surface area contributed by atoms with E-state index >= 15 is 0 Å². The zero-order valence-electron chi connectivity index (χ0n) is 20.6. The SMILES string of the molecule is COc1ccc(NC(=O)NC(c2ccccc2)C(NC(=O)NC2CCCCC2)c2ccccc2)cc1. The zero-order valence-corrected chi connectivity index (χ0v) is 20.6. The Morgan fingerprint density at radius 1 is 0.722 bits per heavy atom. The summed E-state index contributed by atoms with van der Waals surface area (Å²) in [7, 11) is 1.60. The predicted molar refractivity (Wildman–Crippen MR) is 142 cm³/mol. The minimum absolute atomic E-state index is 0.177. The lowest BCUT2D eigenvalue weighted by atomic mass is 9.93. The van der Waals surface area contributed by atoms with Gasteiger partial charge >= 0.3 is 12.1 Å². The van der Waals surface area contributed by atoms with Crippen molar-refractivity contribution in [3.05, 3.63) is 96.1 Å². The van der Waals surface area contributed by atoms with Crippen LogP contribution in [-0.4, -0.2) is 25.2 Å². The second-order valence-corrected chi connectivity index (χ2v) is 9.06. The van der Waals surface area contributed by atoms with Gasteiger partial charge in [-0.15, -0.1) is 0 Å². The molecule has 1 aliphatic carbocycles. The highest BCUT2D eigenvalue weighted by molar-refractivity contribution is 5.89. The molecule has 4 rings (SSSR count). The number of carbonyl (C=O) groups is 2. The third-order valence-electron chi connectivity index (χ3n) is 6.51. The van der Waals surface area contributed by atoms with Crippen LogP contribution in [0, 0.1) is 0 Å². The Bertz CT molecular complexity index is 1100. The molecule has 0 bridgehead atoms. The van der Waals surface area contributed by atoms with Crippen molar-refractivity contribution < 1.29 is 14.3 Å². The molecule has 36 heavy (non-hydrogen) atoms. The molecule has 3 aromatic rings. The molecule has 1 aliphatic rings. The first-order chi connectivity index (χ1) is 17.6. The van der Waals surface area contributed by atoms with E-state index in [0.29, 0.717) is 11.4 Å². The van der Waals surface area contributed by atoms with Gasteiger partial charge in [0, 0.05) is 11.7 Å². The van der Waals surface area contributed by atoms with Gasteiger partial charge in [0.15, 0.2) is 0 Å². The summed E-state index contributed by atoms with van der Waals surface area (Å²) in [6.45, 7) is 0. The Hall–Kier alpha value is -4.00. The molecule has 7 heteroatoms. The second-order valence-electron chi connectivity index (χ2n) is 9.06. The largest absolute Gasteiger partial charge is 0.497 e. The first kappa shape index (κ1) is 25.1. The standard InChI is InChI=1S/C29H34N4O3/c1-36-25-19-17-24(18-20-25)31-29(35)33-27(22-13-7-3-8-14-22)26(21-11-5-2-6-12-21)32-28(34)30-23-15-9-4-10-16-23/h2-3,5-8,11-14,17-20,23,26-27H,4,9-10,15-16H2,1H3,(H2,30,32,34)(H2,31,33,35). The Morgan fingerprint density at radius 3 is 1.78 bits per heavy atom. The molecule has 0 spiro atoms. The average Bonchev–Trinajstić information content (AvgIpc) is 2.92. The lowest BCUT2D eigenvalue weighted by Gasteiger charge is -2.31. The summed E-state index contributed by atoms with van der Waals surface area (Å²) >= 11 is 0. The molecule has 4 amide bonds. The highest BCUT2D eigenvalue weighted by atomic mass is 16.5. The Morgan fingerprint density at radius 2 is 1.25 bits per heavy atom. The Kier molecular flexibility index (Phi) is 8.81. The number of hydrogen-bond acceptors (Lipinski definition) is 3. The Balaban J connectivity index is 1.56. The van der Waals surface area contributed by atoms with E-state index in [2.05, 4.69) is 21.3 Å². The van der Waals surface area contributed by atoms with E-state index in [0.717, 1.165) is 36.8 Å². The average molecular weight is 487 g/mol. The van der Waals surface area contributed by atoms with Crippen LogP contribution in [0.1, 0.15) is 55.3 Å². The van der Waals surface area contributed by atoms with Crippen LogP contribution in [0.4, 0.5) is 15.3 Å². The van der Waals surface area contributed by atoms with Crippen LogP contribution in [0.15, 0.2) is 84.9 Å². The normalized spacial score (nSPS) is 15.2. The summed E-state index contributed by atoms with van der Waals surface area (Å²) in [4.78, 5) is 26.2. The number of amides is 4. The number of hydrogen-bond donors (Lipinski definition) is 4. The molecule has 4 N–H and O–H groups in total. The Labute approximate surface area is 212 Å². The number of methoxy groups -OCH3 is 1. The maximum Gasteiger partial charge on any atom is 0.319 e. The molecule has 2 atom stereocenters. The topological polar surface area (TPSA) is 91.5 Å². The monoisotopic (exact) mass is 486 g/mol. The van der Waals surface area contributed by atoms with E-state index in [1.165, 1.54) is 6.42 Å². The first-order valence-electron chi connectivity index (χ1n) is 12.5. The van der Waals surface area contributed by atoms with Gasteiger partial charge in [0.25, 0.3) is 0 Å². The maximum atomic E-state index is 13.1. The van der Waals surface area contributed by atoms with Gasteiger partial charge in [-0.2, -0.15) is 0 Å². The van der Waals surface area contributed by atoms with Crippen LogP contribution in [0.3, 0.4) is 0 Å². The van der Waals surface area contributed by atoms with Crippen molar-refractivity contribution in [2.24, 2.45) is 0 Å². The van der Waals surface area contributed by atoms with Crippen LogP contribution in [-0.2, 0) is 0 Å². The van der Waals surface area contributed by atoms with Gasteiger partial charge in [-0.1, -0.05) is 79.9 Å².